The summed E-state index contributed by atoms with van der Waals surface area (Å²) in [6, 6.07) is 23.9. The number of hydrogen-bond donors (Lipinski definition) is 1. The van der Waals surface area contributed by atoms with Crippen LogP contribution in [0.2, 0.25) is 0 Å². The van der Waals surface area contributed by atoms with Crippen molar-refractivity contribution < 1.29 is 23.5 Å². The Morgan fingerprint density at radius 3 is 2.51 bits per heavy atom. The van der Waals surface area contributed by atoms with Crippen LogP contribution in [0.5, 0.6) is 5.75 Å². The number of ether oxygens (including phenoxy) is 2. The number of amides is 1. The molecular weight excluding hydrogens is 496 g/mol. The molecular formula is C30H26N4O5. The third-order valence-corrected chi connectivity index (χ3v) is 5.99. The predicted octanol–water partition coefficient (Wildman–Crippen LogP) is 5.94. The van der Waals surface area contributed by atoms with Gasteiger partial charge in [0.25, 0.3) is 5.91 Å². The summed E-state index contributed by atoms with van der Waals surface area (Å²) in [6.07, 6.45) is 1.24. The number of carbonyl (C=O) groups is 2. The van der Waals surface area contributed by atoms with Crippen LogP contribution in [0.4, 0.5) is 5.69 Å². The van der Waals surface area contributed by atoms with Crippen molar-refractivity contribution in [2.75, 3.05) is 19.0 Å². The van der Waals surface area contributed by atoms with Gasteiger partial charge in [0.1, 0.15) is 5.75 Å². The van der Waals surface area contributed by atoms with Crippen molar-refractivity contribution >= 4 is 17.6 Å². The predicted molar refractivity (Wildman–Crippen MR) is 146 cm³/mol. The molecule has 2 heterocycles. The van der Waals surface area contributed by atoms with Gasteiger partial charge in [0.05, 0.1) is 25.1 Å². The van der Waals surface area contributed by atoms with Crippen LogP contribution >= 0.6 is 0 Å². The van der Waals surface area contributed by atoms with Crippen LogP contribution in [0.25, 0.3) is 28.3 Å². The van der Waals surface area contributed by atoms with Crippen LogP contribution in [0.15, 0.2) is 89.7 Å². The van der Waals surface area contributed by atoms with Crippen LogP contribution in [-0.4, -0.2) is 40.4 Å². The summed E-state index contributed by atoms with van der Waals surface area (Å²) < 4.78 is 17.6. The maximum atomic E-state index is 13.2. The highest BCUT2D eigenvalue weighted by Crippen LogP contribution is 2.29. The quantitative estimate of drug-likeness (QED) is 0.251. The van der Waals surface area contributed by atoms with Gasteiger partial charge < -0.3 is 19.2 Å². The lowest BCUT2D eigenvalue weighted by molar-refractivity contribution is 0.0519. The number of hydrogen-bond acceptors (Lipinski definition) is 7. The zero-order valence-corrected chi connectivity index (χ0v) is 21.7. The first-order valence-electron chi connectivity index (χ1n) is 12.3. The Labute approximate surface area is 225 Å². The van der Waals surface area contributed by atoms with Crippen LogP contribution in [-0.2, 0) is 4.74 Å². The molecule has 0 aliphatic rings. The van der Waals surface area contributed by atoms with E-state index < -0.39 is 11.9 Å². The van der Waals surface area contributed by atoms with Gasteiger partial charge in [-0.25, -0.2) is 14.5 Å². The Morgan fingerprint density at radius 1 is 0.974 bits per heavy atom. The molecule has 5 rings (SSSR count). The monoisotopic (exact) mass is 522 g/mol. The molecule has 0 saturated carbocycles. The minimum absolute atomic E-state index is 0.153. The maximum absolute atomic E-state index is 13.2. The van der Waals surface area contributed by atoms with Gasteiger partial charge >= 0.3 is 5.97 Å². The summed E-state index contributed by atoms with van der Waals surface area (Å²) in [7, 11) is 1.59. The van der Waals surface area contributed by atoms with E-state index in [-0.39, 0.29) is 18.0 Å². The average Bonchev–Trinajstić information content (AvgIpc) is 3.62. The molecule has 39 heavy (non-hydrogen) atoms. The lowest BCUT2D eigenvalue weighted by Gasteiger charge is -2.10. The second-order valence-corrected chi connectivity index (χ2v) is 8.68. The van der Waals surface area contributed by atoms with E-state index in [4.69, 9.17) is 13.9 Å². The number of aromatic nitrogens is 3. The van der Waals surface area contributed by atoms with Gasteiger partial charge in [0.2, 0.25) is 0 Å². The Hall–Kier alpha value is -5.18. The molecule has 0 unspecified atom stereocenters. The first kappa shape index (κ1) is 25.5. The Morgan fingerprint density at radius 2 is 1.77 bits per heavy atom. The number of methoxy groups -OCH3 is 1. The normalized spacial score (nSPS) is 10.7. The van der Waals surface area contributed by atoms with Crippen molar-refractivity contribution in [2.45, 2.75) is 13.8 Å². The van der Waals surface area contributed by atoms with Crippen molar-refractivity contribution in [1.29, 1.82) is 0 Å². The molecule has 0 fully saturated rings. The van der Waals surface area contributed by atoms with E-state index in [2.05, 4.69) is 15.4 Å². The second kappa shape index (κ2) is 11.1. The standard InChI is InChI=1S/C30H26N4O5/c1-4-38-30(36)25-17-26(34(33-25)23-10-5-7-19(2)15-23)21-8-6-9-22(16-21)32-29(35)27-28(39-18-31-27)20-11-13-24(37-3)14-12-20/h5-18H,4H2,1-3H3,(H,32,35). The zero-order chi connectivity index (χ0) is 27.4. The lowest BCUT2D eigenvalue weighted by atomic mass is 10.1. The highest BCUT2D eigenvalue weighted by molar-refractivity contribution is 6.06. The molecule has 3 aromatic carbocycles. The number of carbonyl (C=O) groups excluding carboxylic acids is 2. The molecule has 0 radical (unpaired) electrons. The lowest BCUT2D eigenvalue weighted by Crippen LogP contribution is -2.13. The van der Waals surface area contributed by atoms with Crippen molar-refractivity contribution in [2.24, 2.45) is 0 Å². The van der Waals surface area contributed by atoms with Crippen LogP contribution < -0.4 is 10.1 Å². The Balaban J connectivity index is 1.46. The molecule has 9 nitrogen and oxygen atoms in total. The number of benzene rings is 3. The molecule has 0 atom stereocenters. The van der Waals surface area contributed by atoms with E-state index in [0.29, 0.717) is 28.5 Å². The Bertz CT molecular complexity index is 1640. The van der Waals surface area contributed by atoms with Gasteiger partial charge in [-0.2, -0.15) is 5.10 Å². The summed E-state index contributed by atoms with van der Waals surface area (Å²) in [4.78, 5) is 29.8. The van der Waals surface area contributed by atoms with Gasteiger partial charge in [-0.15, -0.1) is 0 Å². The molecule has 2 aromatic heterocycles. The number of oxazole rings is 1. The molecule has 196 valence electrons. The third-order valence-electron chi connectivity index (χ3n) is 5.99. The largest absolute Gasteiger partial charge is 0.497 e. The fourth-order valence-corrected chi connectivity index (χ4v) is 4.15. The SMILES string of the molecule is CCOC(=O)c1cc(-c2cccc(NC(=O)c3ncoc3-c3ccc(OC)cc3)c2)n(-c2cccc(C)c2)n1. The molecule has 9 heteroatoms. The topological polar surface area (TPSA) is 108 Å². The molecule has 0 aliphatic carbocycles. The van der Waals surface area contributed by atoms with Crippen LogP contribution in [0, 0.1) is 6.92 Å². The second-order valence-electron chi connectivity index (χ2n) is 8.68. The smallest absolute Gasteiger partial charge is 0.358 e. The Kier molecular flexibility index (Phi) is 7.22. The van der Waals surface area contributed by atoms with E-state index in [1.807, 2.05) is 49.4 Å². The number of aryl methyl sites for hydroxylation is 1. The molecule has 0 bridgehead atoms. The molecule has 0 aliphatic heterocycles. The summed E-state index contributed by atoms with van der Waals surface area (Å²) in [5.41, 5.74) is 4.83. The highest BCUT2D eigenvalue weighted by atomic mass is 16.5. The van der Waals surface area contributed by atoms with E-state index in [1.165, 1.54) is 6.39 Å². The van der Waals surface area contributed by atoms with E-state index in [9.17, 15) is 9.59 Å². The number of rotatable bonds is 8. The van der Waals surface area contributed by atoms with E-state index in [0.717, 1.165) is 16.8 Å². The van der Waals surface area contributed by atoms with E-state index >= 15 is 0 Å². The highest BCUT2D eigenvalue weighted by Gasteiger charge is 2.21. The molecule has 5 aromatic rings. The van der Waals surface area contributed by atoms with Gasteiger partial charge in [0, 0.05) is 16.8 Å². The fraction of sp³-hybridized carbons (Fsp3) is 0.133. The fourth-order valence-electron chi connectivity index (χ4n) is 4.15. The van der Waals surface area contributed by atoms with E-state index in [1.54, 1.807) is 55.1 Å². The summed E-state index contributed by atoms with van der Waals surface area (Å²) in [6.45, 7) is 3.98. The summed E-state index contributed by atoms with van der Waals surface area (Å²) in [5, 5.41) is 7.43. The van der Waals surface area contributed by atoms with Crippen molar-refractivity contribution in [1.82, 2.24) is 14.8 Å². The minimum Gasteiger partial charge on any atom is -0.497 e. The van der Waals surface area contributed by atoms with Gasteiger partial charge in [-0.3, -0.25) is 4.79 Å². The molecule has 1 amide bonds. The number of nitrogens with zero attached hydrogens (tertiary/aromatic N) is 3. The van der Waals surface area contributed by atoms with Crippen LogP contribution in [0.1, 0.15) is 33.5 Å². The van der Waals surface area contributed by atoms with Crippen molar-refractivity contribution in [3.63, 3.8) is 0 Å². The number of nitrogens with one attached hydrogen (secondary N) is 1. The molecule has 1 N–H and O–H groups in total. The first-order chi connectivity index (χ1) is 19.0. The van der Waals surface area contributed by atoms with Crippen molar-refractivity contribution in [3.8, 4) is 34.0 Å². The van der Waals surface area contributed by atoms with Crippen molar-refractivity contribution in [3.05, 3.63) is 102 Å². The number of anilines is 1. The third kappa shape index (κ3) is 5.42. The minimum atomic E-state index is -0.508. The van der Waals surface area contributed by atoms with Gasteiger partial charge in [-0.1, -0.05) is 24.3 Å². The number of esters is 1. The maximum Gasteiger partial charge on any atom is 0.358 e. The van der Waals surface area contributed by atoms with Gasteiger partial charge in [-0.05, 0) is 74.0 Å². The molecule has 0 spiro atoms. The van der Waals surface area contributed by atoms with Gasteiger partial charge in [0.15, 0.2) is 23.5 Å². The summed E-state index contributed by atoms with van der Waals surface area (Å²) in [5.74, 6) is 0.109. The summed E-state index contributed by atoms with van der Waals surface area (Å²) >= 11 is 0. The first-order valence-corrected chi connectivity index (χ1v) is 12.3. The zero-order valence-electron chi connectivity index (χ0n) is 21.7. The van der Waals surface area contributed by atoms with Crippen LogP contribution in [0.3, 0.4) is 0 Å². The average molecular weight is 523 g/mol. The molecule has 0 saturated heterocycles.